The molecule has 0 aromatic heterocycles. The molecular weight excluding hydrogens is 354 g/mol. The number of hydrogen-bond acceptors (Lipinski definition) is 4. The molecule has 0 unspecified atom stereocenters. The van der Waals surface area contributed by atoms with Crippen molar-refractivity contribution >= 4 is 5.97 Å². The predicted octanol–water partition coefficient (Wildman–Crippen LogP) is 1.78. The fraction of sp³-hybridized carbons (Fsp3) is 0.609. The van der Waals surface area contributed by atoms with Crippen molar-refractivity contribution in [3.63, 3.8) is 0 Å². The van der Waals surface area contributed by atoms with Gasteiger partial charge in [0.25, 0.3) is 0 Å². The molecule has 152 valence electrons. The number of carbonyl (C=O) groups excluding carboxylic acids is 1. The third-order valence-corrected chi connectivity index (χ3v) is 7.56. The molecule has 28 heavy (non-hydrogen) atoms. The average Bonchev–Trinajstić information content (AvgIpc) is 2.98. The van der Waals surface area contributed by atoms with Crippen LogP contribution in [0.3, 0.4) is 0 Å². The van der Waals surface area contributed by atoms with Gasteiger partial charge in [0.05, 0.1) is 19.2 Å². The number of rotatable bonds is 5. The van der Waals surface area contributed by atoms with E-state index in [0.717, 1.165) is 37.8 Å². The molecule has 2 aliphatic carbocycles. The van der Waals surface area contributed by atoms with Crippen LogP contribution in [0.2, 0.25) is 0 Å². The van der Waals surface area contributed by atoms with Crippen molar-refractivity contribution in [1.29, 1.82) is 0 Å². The van der Waals surface area contributed by atoms with Crippen molar-refractivity contribution in [2.24, 2.45) is 23.2 Å². The van der Waals surface area contributed by atoms with Gasteiger partial charge in [0.15, 0.2) is 0 Å². The Bertz CT molecular complexity index is 758. The van der Waals surface area contributed by atoms with Gasteiger partial charge in [-0.3, -0.25) is 4.79 Å². The molecule has 0 bridgehead atoms. The Balaban J connectivity index is 1.41. The fourth-order valence-corrected chi connectivity index (χ4v) is 5.56. The molecule has 1 aliphatic heterocycles. The lowest BCUT2D eigenvalue weighted by Crippen LogP contribution is -2.86. The molecule has 2 fully saturated rings. The number of fused-ring (bicyclic) bond motifs is 2. The highest BCUT2D eigenvalue weighted by molar-refractivity contribution is 5.76. The van der Waals surface area contributed by atoms with Gasteiger partial charge in [0.1, 0.15) is 17.8 Å². The van der Waals surface area contributed by atoms with Crippen LogP contribution >= 0.6 is 0 Å². The second-order valence-electron chi connectivity index (χ2n) is 9.03. The summed E-state index contributed by atoms with van der Waals surface area (Å²) in [7, 11) is 0. The van der Waals surface area contributed by atoms with Crippen LogP contribution in [0.4, 0.5) is 0 Å². The maximum absolute atomic E-state index is 12.6. The summed E-state index contributed by atoms with van der Waals surface area (Å²) >= 11 is 0. The number of aromatic hydroxyl groups is 1. The Kier molecular flexibility index (Phi) is 5.23. The summed E-state index contributed by atoms with van der Waals surface area (Å²) in [5, 5.41) is 22.9. The predicted molar refractivity (Wildman–Crippen MR) is 106 cm³/mol. The zero-order valence-electron chi connectivity index (χ0n) is 16.8. The van der Waals surface area contributed by atoms with Gasteiger partial charge in [0.2, 0.25) is 0 Å². The number of allylic oxidation sites excluding steroid dienone is 1. The van der Waals surface area contributed by atoms with Crippen molar-refractivity contribution in [3.05, 3.63) is 41.5 Å². The first-order valence-electron chi connectivity index (χ1n) is 10.6. The van der Waals surface area contributed by atoms with Gasteiger partial charge in [-0.2, -0.15) is 0 Å². The molecule has 5 heteroatoms. The molecule has 5 nitrogen and oxygen atoms in total. The summed E-state index contributed by atoms with van der Waals surface area (Å²) in [6.45, 7) is 5.92. The molecule has 0 spiro atoms. The smallest absolute Gasteiger partial charge is 0.315 e. The molecule has 1 saturated carbocycles. The number of phenols is 1. The van der Waals surface area contributed by atoms with E-state index in [4.69, 9.17) is 4.74 Å². The summed E-state index contributed by atoms with van der Waals surface area (Å²) in [6, 6.07) is 7.24. The normalized spacial score (nSPS) is 37.0. The number of aliphatic hydroxyl groups excluding tert-OH is 1. The Labute approximate surface area is 166 Å². The second-order valence-corrected chi connectivity index (χ2v) is 9.03. The number of nitrogens with two attached hydrogens (primary N) is 1. The summed E-state index contributed by atoms with van der Waals surface area (Å²) in [5.41, 5.74) is 2.21. The van der Waals surface area contributed by atoms with Gasteiger partial charge in [0, 0.05) is 24.2 Å². The Morgan fingerprint density at radius 2 is 2.04 bits per heavy atom. The summed E-state index contributed by atoms with van der Waals surface area (Å²) in [4.78, 5) is 12.6. The lowest BCUT2D eigenvalue weighted by molar-refractivity contribution is -0.659. The minimum atomic E-state index is -0.533. The van der Waals surface area contributed by atoms with Crippen LogP contribution in [0.15, 0.2) is 35.9 Å². The number of esters is 1. The van der Waals surface area contributed by atoms with E-state index in [1.54, 1.807) is 12.1 Å². The Morgan fingerprint density at radius 3 is 2.79 bits per heavy atom. The average molecular weight is 387 g/mol. The number of aliphatic hydroxyl groups is 1. The van der Waals surface area contributed by atoms with Gasteiger partial charge >= 0.3 is 5.97 Å². The first-order chi connectivity index (χ1) is 13.4. The first-order valence-corrected chi connectivity index (χ1v) is 10.6. The number of hydrogen-bond donors (Lipinski definition) is 3. The molecule has 1 aromatic carbocycles. The first kappa shape index (κ1) is 19.5. The van der Waals surface area contributed by atoms with Crippen molar-refractivity contribution in [1.82, 2.24) is 0 Å². The minimum absolute atomic E-state index is 0.111. The van der Waals surface area contributed by atoms with Gasteiger partial charge < -0.3 is 20.3 Å². The maximum Gasteiger partial charge on any atom is 0.315 e. The standard InChI is InChI=1S/C23H31NO4/c1-14-4-3-5-16-12-19-20(21(26)23(14,16)2)18(22(27)28-19)13-24-11-10-15-6-8-17(25)9-7-15/h5-9,14,18-21,24-26H,3-4,10-13H2,1-2H3/p+1/t14-,18-,19+,20+,21+,23+/m0/s1. The zero-order chi connectivity index (χ0) is 19.9. The Morgan fingerprint density at radius 1 is 1.29 bits per heavy atom. The lowest BCUT2D eigenvalue weighted by Gasteiger charge is -2.51. The number of benzene rings is 1. The van der Waals surface area contributed by atoms with E-state index in [-0.39, 0.29) is 35.1 Å². The van der Waals surface area contributed by atoms with Crippen LogP contribution in [0, 0.1) is 23.2 Å². The molecule has 4 rings (SSSR count). The fourth-order valence-electron chi connectivity index (χ4n) is 5.56. The van der Waals surface area contributed by atoms with Gasteiger partial charge in [-0.1, -0.05) is 37.6 Å². The maximum atomic E-state index is 12.6. The Hall–Kier alpha value is -1.85. The number of carbonyl (C=O) groups is 1. The van der Waals surface area contributed by atoms with Crippen LogP contribution in [0.1, 0.15) is 38.7 Å². The van der Waals surface area contributed by atoms with Crippen LogP contribution in [0.5, 0.6) is 5.75 Å². The van der Waals surface area contributed by atoms with Gasteiger partial charge in [-0.05, 0) is 36.5 Å². The van der Waals surface area contributed by atoms with Crippen molar-refractivity contribution < 1.29 is 25.1 Å². The van der Waals surface area contributed by atoms with Crippen molar-refractivity contribution in [2.75, 3.05) is 13.1 Å². The minimum Gasteiger partial charge on any atom is -0.508 e. The van der Waals surface area contributed by atoms with Crippen LogP contribution in [-0.2, 0) is 16.0 Å². The third kappa shape index (κ3) is 3.25. The summed E-state index contributed by atoms with van der Waals surface area (Å²) < 4.78 is 5.72. The molecule has 1 aromatic rings. The van der Waals surface area contributed by atoms with E-state index < -0.39 is 6.10 Å². The van der Waals surface area contributed by atoms with Crippen LogP contribution in [0.25, 0.3) is 0 Å². The van der Waals surface area contributed by atoms with Crippen molar-refractivity contribution in [3.8, 4) is 5.75 Å². The monoisotopic (exact) mass is 386 g/mol. The molecule has 4 N–H and O–H groups in total. The van der Waals surface area contributed by atoms with E-state index in [0.29, 0.717) is 12.5 Å². The summed E-state index contributed by atoms with van der Waals surface area (Å²) in [6.07, 6.45) is 5.35. The highest BCUT2D eigenvalue weighted by Crippen LogP contribution is 2.55. The molecule has 3 aliphatic rings. The number of ether oxygens (including phenoxy) is 1. The molecular formula is C23H32NO4+. The largest absolute Gasteiger partial charge is 0.508 e. The molecule has 6 atom stereocenters. The van der Waals surface area contributed by atoms with E-state index in [9.17, 15) is 15.0 Å². The number of phenolic OH excluding ortho intramolecular Hbond substituents is 1. The van der Waals surface area contributed by atoms with E-state index in [2.05, 4.69) is 25.2 Å². The molecule has 1 heterocycles. The molecule has 1 saturated heterocycles. The highest BCUT2D eigenvalue weighted by Gasteiger charge is 2.60. The highest BCUT2D eigenvalue weighted by atomic mass is 16.6. The van der Waals surface area contributed by atoms with Gasteiger partial charge in [-0.15, -0.1) is 0 Å². The molecule has 0 radical (unpaired) electrons. The summed E-state index contributed by atoms with van der Waals surface area (Å²) in [5.74, 6) is 0.189. The molecule has 0 amide bonds. The lowest BCUT2D eigenvalue weighted by atomic mass is 9.55. The second kappa shape index (κ2) is 7.53. The topological polar surface area (TPSA) is 83.4 Å². The van der Waals surface area contributed by atoms with E-state index in [1.165, 1.54) is 5.57 Å². The quantitative estimate of drug-likeness (QED) is 0.409. The SMILES string of the molecule is C[C@H]1CCC=C2C[C@H]3OC(=O)[C@@H](C[NH2+]CCc4ccc(O)cc4)[C@H]3[C@@H](O)[C@@]21C. The van der Waals surface area contributed by atoms with E-state index in [1.807, 2.05) is 12.1 Å². The zero-order valence-corrected chi connectivity index (χ0v) is 16.8. The van der Waals surface area contributed by atoms with Crippen LogP contribution in [-0.4, -0.2) is 41.5 Å². The van der Waals surface area contributed by atoms with Gasteiger partial charge in [-0.25, -0.2) is 0 Å². The van der Waals surface area contributed by atoms with Crippen molar-refractivity contribution in [2.45, 2.75) is 51.7 Å². The third-order valence-electron chi connectivity index (χ3n) is 7.56. The van der Waals surface area contributed by atoms with Crippen LogP contribution < -0.4 is 5.32 Å². The van der Waals surface area contributed by atoms with E-state index >= 15 is 0 Å². The number of quaternary nitrogens is 1.